The van der Waals surface area contributed by atoms with E-state index in [1.807, 2.05) is 24.3 Å². The number of benzene rings is 1. The number of halogens is 1. The van der Waals surface area contributed by atoms with Crippen LogP contribution in [0.4, 0.5) is 0 Å². The molecule has 1 N–H and O–H groups in total. The lowest BCUT2D eigenvalue weighted by molar-refractivity contribution is -0.122. The molecule has 3 nitrogen and oxygen atoms in total. The number of rotatable bonds is 5. The summed E-state index contributed by atoms with van der Waals surface area (Å²) in [7, 11) is 0. The van der Waals surface area contributed by atoms with Crippen molar-refractivity contribution in [1.29, 1.82) is 0 Å². The molecule has 0 saturated heterocycles. The topological polar surface area (TPSA) is 38.3 Å². The van der Waals surface area contributed by atoms with Crippen molar-refractivity contribution in [2.75, 3.05) is 13.2 Å². The molecule has 15 heavy (non-hydrogen) atoms. The molecule has 0 atom stereocenters. The Morgan fingerprint density at radius 2 is 2.13 bits per heavy atom. The Balaban J connectivity index is 2.33. The molecule has 1 aromatic carbocycles. The number of carbonyl (C=O) groups is 1. The van der Waals surface area contributed by atoms with Gasteiger partial charge in [-0.2, -0.15) is 0 Å². The Hall–Kier alpha value is -1.04. The first-order valence-corrected chi connectivity index (χ1v) is 5.56. The molecule has 0 unspecified atom stereocenters. The Morgan fingerprint density at radius 1 is 1.47 bits per heavy atom. The molecule has 0 heterocycles. The summed E-state index contributed by atoms with van der Waals surface area (Å²) in [5, 5.41) is 2.63. The minimum absolute atomic E-state index is 0.0361. The highest BCUT2D eigenvalue weighted by Crippen LogP contribution is 2.12. The normalized spacial score (nSPS) is 9.40. The Bertz CT molecular complexity index is 335. The lowest BCUT2D eigenvalue weighted by Crippen LogP contribution is -2.28. The molecule has 0 aromatic heterocycles. The van der Waals surface area contributed by atoms with E-state index in [9.17, 15) is 4.79 Å². The van der Waals surface area contributed by atoms with Crippen molar-refractivity contribution in [2.45, 2.75) is 0 Å². The lowest BCUT2D eigenvalue weighted by atomic mass is 10.3. The van der Waals surface area contributed by atoms with E-state index in [0.717, 1.165) is 3.57 Å². The predicted octanol–water partition coefficient (Wildman–Crippen LogP) is 1.97. The monoisotopic (exact) mass is 317 g/mol. The van der Waals surface area contributed by atoms with E-state index in [-0.39, 0.29) is 12.5 Å². The number of nitrogens with one attached hydrogen (secondary N) is 1. The van der Waals surface area contributed by atoms with Gasteiger partial charge in [-0.1, -0.05) is 6.08 Å². The van der Waals surface area contributed by atoms with E-state index in [1.165, 1.54) is 0 Å². The SMILES string of the molecule is C=CCNC(=O)COc1ccc(I)cc1. The molecule has 1 rings (SSSR count). The fourth-order valence-corrected chi connectivity index (χ4v) is 1.28. The average molecular weight is 317 g/mol. The van der Waals surface area contributed by atoms with Gasteiger partial charge in [0, 0.05) is 10.1 Å². The van der Waals surface area contributed by atoms with Gasteiger partial charge in [-0.15, -0.1) is 6.58 Å². The van der Waals surface area contributed by atoms with E-state index in [1.54, 1.807) is 6.08 Å². The van der Waals surface area contributed by atoms with Crippen LogP contribution in [0.2, 0.25) is 0 Å². The van der Waals surface area contributed by atoms with Crippen LogP contribution in [0.15, 0.2) is 36.9 Å². The molecular weight excluding hydrogens is 305 g/mol. The molecule has 0 aliphatic carbocycles. The number of hydrogen-bond acceptors (Lipinski definition) is 2. The molecule has 1 amide bonds. The van der Waals surface area contributed by atoms with Crippen LogP contribution in [0.1, 0.15) is 0 Å². The molecular formula is C11H12INO2. The Morgan fingerprint density at radius 3 is 2.73 bits per heavy atom. The van der Waals surface area contributed by atoms with Gasteiger partial charge in [-0.3, -0.25) is 4.79 Å². The first-order chi connectivity index (χ1) is 7.22. The fourth-order valence-electron chi connectivity index (χ4n) is 0.917. The summed E-state index contributed by atoms with van der Waals surface area (Å²) >= 11 is 2.21. The van der Waals surface area contributed by atoms with Crippen LogP contribution >= 0.6 is 22.6 Å². The van der Waals surface area contributed by atoms with Gasteiger partial charge in [0.25, 0.3) is 5.91 Å². The van der Waals surface area contributed by atoms with E-state index in [4.69, 9.17) is 4.74 Å². The van der Waals surface area contributed by atoms with E-state index in [2.05, 4.69) is 34.5 Å². The number of amides is 1. The second-order valence-electron chi connectivity index (χ2n) is 2.84. The fraction of sp³-hybridized carbons (Fsp3) is 0.182. The second-order valence-corrected chi connectivity index (χ2v) is 4.08. The highest BCUT2D eigenvalue weighted by Gasteiger charge is 2.00. The first-order valence-electron chi connectivity index (χ1n) is 4.48. The van der Waals surface area contributed by atoms with Gasteiger partial charge in [-0.25, -0.2) is 0 Å². The lowest BCUT2D eigenvalue weighted by Gasteiger charge is -2.05. The van der Waals surface area contributed by atoms with Gasteiger partial charge in [0.2, 0.25) is 0 Å². The standard InChI is InChI=1S/C11H12INO2/c1-2-7-13-11(14)8-15-10-5-3-9(12)4-6-10/h2-6H,1,7-8H2,(H,13,14). The highest BCUT2D eigenvalue weighted by molar-refractivity contribution is 14.1. The molecule has 1 aromatic rings. The average Bonchev–Trinajstić information content (AvgIpc) is 2.25. The molecule has 80 valence electrons. The van der Waals surface area contributed by atoms with Gasteiger partial charge in [0.1, 0.15) is 5.75 Å². The third-order valence-electron chi connectivity index (χ3n) is 1.63. The van der Waals surface area contributed by atoms with Crippen molar-refractivity contribution in [3.05, 3.63) is 40.5 Å². The van der Waals surface area contributed by atoms with Crippen molar-refractivity contribution in [3.63, 3.8) is 0 Å². The summed E-state index contributed by atoms with van der Waals surface area (Å²) < 4.78 is 6.41. The molecule has 4 heteroatoms. The number of hydrogen-bond donors (Lipinski definition) is 1. The highest BCUT2D eigenvalue weighted by atomic mass is 127. The van der Waals surface area contributed by atoms with Crippen molar-refractivity contribution < 1.29 is 9.53 Å². The summed E-state index contributed by atoms with van der Waals surface area (Å²) in [6, 6.07) is 7.53. The smallest absolute Gasteiger partial charge is 0.258 e. The van der Waals surface area contributed by atoms with Crippen molar-refractivity contribution in [2.24, 2.45) is 0 Å². The van der Waals surface area contributed by atoms with Crippen LogP contribution in [0.5, 0.6) is 5.75 Å². The molecule has 0 fully saturated rings. The molecule has 0 aliphatic heterocycles. The summed E-state index contributed by atoms with van der Waals surface area (Å²) in [5.74, 6) is 0.553. The summed E-state index contributed by atoms with van der Waals surface area (Å²) in [5.41, 5.74) is 0. The Kier molecular flexibility index (Phi) is 5.17. The minimum Gasteiger partial charge on any atom is -0.484 e. The maximum atomic E-state index is 11.2. The molecule has 0 radical (unpaired) electrons. The van der Waals surface area contributed by atoms with Gasteiger partial charge in [0.15, 0.2) is 6.61 Å². The quantitative estimate of drug-likeness (QED) is 0.666. The predicted molar refractivity (Wildman–Crippen MR) is 67.9 cm³/mol. The van der Waals surface area contributed by atoms with Gasteiger partial charge < -0.3 is 10.1 Å². The third kappa shape index (κ3) is 4.83. The van der Waals surface area contributed by atoms with Crippen LogP contribution in [-0.4, -0.2) is 19.1 Å². The zero-order chi connectivity index (χ0) is 11.1. The van der Waals surface area contributed by atoms with Gasteiger partial charge >= 0.3 is 0 Å². The third-order valence-corrected chi connectivity index (χ3v) is 2.35. The van der Waals surface area contributed by atoms with E-state index in [0.29, 0.717) is 12.3 Å². The zero-order valence-electron chi connectivity index (χ0n) is 8.20. The molecule has 0 bridgehead atoms. The Labute approximate surface area is 103 Å². The van der Waals surface area contributed by atoms with E-state index >= 15 is 0 Å². The maximum absolute atomic E-state index is 11.2. The van der Waals surface area contributed by atoms with Gasteiger partial charge in [0.05, 0.1) is 0 Å². The van der Waals surface area contributed by atoms with Crippen LogP contribution in [0, 0.1) is 3.57 Å². The summed E-state index contributed by atoms with van der Waals surface area (Å²) in [4.78, 5) is 11.2. The summed E-state index contributed by atoms with van der Waals surface area (Å²) in [6.07, 6.45) is 1.63. The van der Waals surface area contributed by atoms with Crippen LogP contribution in [-0.2, 0) is 4.79 Å². The van der Waals surface area contributed by atoms with Crippen LogP contribution < -0.4 is 10.1 Å². The maximum Gasteiger partial charge on any atom is 0.258 e. The van der Waals surface area contributed by atoms with Crippen LogP contribution in [0.3, 0.4) is 0 Å². The van der Waals surface area contributed by atoms with E-state index < -0.39 is 0 Å². The van der Waals surface area contributed by atoms with Crippen molar-refractivity contribution >= 4 is 28.5 Å². The number of ether oxygens (including phenoxy) is 1. The first kappa shape index (κ1) is 12.0. The summed E-state index contributed by atoms with van der Waals surface area (Å²) in [6.45, 7) is 4.01. The molecule has 0 spiro atoms. The molecule has 0 saturated carbocycles. The zero-order valence-corrected chi connectivity index (χ0v) is 10.4. The van der Waals surface area contributed by atoms with Crippen molar-refractivity contribution in [3.8, 4) is 5.75 Å². The van der Waals surface area contributed by atoms with Crippen LogP contribution in [0.25, 0.3) is 0 Å². The van der Waals surface area contributed by atoms with Gasteiger partial charge in [-0.05, 0) is 46.9 Å². The minimum atomic E-state index is -0.145. The van der Waals surface area contributed by atoms with Crippen molar-refractivity contribution in [1.82, 2.24) is 5.32 Å². The molecule has 0 aliphatic rings. The number of carbonyl (C=O) groups excluding carboxylic acids is 1. The second kappa shape index (κ2) is 6.44. The largest absolute Gasteiger partial charge is 0.484 e.